The number of ether oxygens (including phenoxy) is 2. The van der Waals surface area contributed by atoms with E-state index in [4.69, 9.17) is 4.74 Å². The Morgan fingerprint density at radius 1 is 1.23 bits per heavy atom. The van der Waals surface area contributed by atoms with Crippen LogP contribution in [0.15, 0.2) is 36.4 Å². The first-order valence-corrected chi connectivity index (χ1v) is 11.4. The molecule has 0 aliphatic carbocycles. The van der Waals surface area contributed by atoms with E-state index < -0.39 is 48.1 Å². The first kappa shape index (κ1) is 24.4. The zero-order valence-corrected chi connectivity index (χ0v) is 19.2. The van der Waals surface area contributed by atoms with Gasteiger partial charge in [-0.15, -0.1) is 0 Å². The van der Waals surface area contributed by atoms with Crippen LogP contribution in [0.2, 0.25) is 0 Å². The number of hydrogen-bond acceptors (Lipinski definition) is 8. The summed E-state index contributed by atoms with van der Waals surface area (Å²) in [6.07, 6.45) is 3.87. The fourth-order valence-electron chi connectivity index (χ4n) is 4.90. The van der Waals surface area contributed by atoms with Gasteiger partial charge in [-0.1, -0.05) is 18.2 Å². The predicted octanol–water partition coefficient (Wildman–Crippen LogP) is 0.0554. The largest absolute Gasteiger partial charge is 0.497 e. The molecule has 0 aromatic heterocycles. The van der Waals surface area contributed by atoms with E-state index in [1.807, 2.05) is 6.08 Å². The zero-order valence-electron chi connectivity index (χ0n) is 19.2. The van der Waals surface area contributed by atoms with Crippen LogP contribution in [-0.2, 0) is 28.7 Å². The summed E-state index contributed by atoms with van der Waals surface area (Å²) in [4.78, 5) is 65.3. The highest BCUT2D eigenvalue weighted by Crippen LogP contribution is 2.33. The minimum Gasteiger partial charge on any atom is -0.497 e. The van der Waals surface area contributed by atoms with Gasteiger partial charge in [-0.05, 0) is 37.8 Å². The molecular weight excluding hydrogens is 458 g/mol. The van der Waals surface area contributed by atoms with Crippen LogP contribution in [0.3, 0.4) is 0 Å². The summed E-state index contributed by atoms with van der Waals surface area (Å²) >= 11 is 0. The highest BCUT2D eigenvalue weighted by atomic mass is 16.6. The molecule has 1 aromatic carbocycles. The van der Waals surface area contributed by atoms with E-state index in [2.05, 4.69) is 10.1 Å². The first-order valence-electron chi connectivity index (χ1n) is 11.4. The predicted molar refractivity (Wildman–Crippen MR) is 121 cm³/mol. The van der Waals surface area contributed by atoms with Crippen molar-refractivity contribution >= 4 is 35.7 Å². The van der Waals surface area contributed by atoms with Crippen LogP contribution in [-0.4, -0.2) is 77.6 Å². The van der Waals surface area contributed by atoms with E-state index in [-0.39, 0.29) is 25.2 Å². The van der Waals surface area contributed by atoms with Crippen LogP contribution in [0, 0.1) is 0 Å². The summed E-state index contributed by atoms with van der Waals surface area (Å²) in [5.41, 5.74) is 0.315. The molecule has 11 heteroatoms. The third-order valence-electron chi connectivity index (χ3n) is 6.57. The minimum atomic E-state index is -1.45. The fourth-order valence-corrected chi connectivity index (χ4v) is 4.90. The van der Waals surface area contributed by atoms with Gasteiger partial charge in [0.1, 0.15) is 23.9 Å². The van der Waals surface area contributed by atoms with Gasteiger partial charge in [0.15, 0.2) is 0 Å². The average Bonchev–Trinajstić information content (AvgIpc) is 3.40. The SMILES string of the molecule is COc1cccc(N(C(=O)C=O)[C@H]2C/C=C\C[C@@H]3CC[C@@H](C(=O)NC4CC(=O)OC4O)N3C2=O)c1. The van der Waals surface area contributed by atoms with Gasteiger partial charge in [0.25, 0.3) is 5.91 Å². The van der Waals surface area contributed by atoms with Gasteiger partial charge in [-0.25, -0.2) is 0 Å². The molecule has 0 spiro atoms. The molecular formula is C24H27N3O8. The number of amides is 3. The number of esters is 1. The number of aliphatic hydroxyl groups is 1. The number of rotatable bonds is 6. The van der Waals surface area contributed by atoms with Crippen molar-refractivity contribution < 1.29 is 38.6 Å². The summed E-state index contributed by atoms with van der Waals surface area (Å²) in [6.45, 7) is 0. The summed E-state index contributed by atoms with van der Waals surface area (Å²) in [6, 6.07) is 3.38. The number of fused-ring (bicyclic) bond motifs is 1. The standard InChI is InChI=1S/C24H27N3O8/c1-34-16-7-4-6-15(11-16)26(20(29)13-28)19-8-3-2-5-14-9-10-18(27(14)23(19)32)22(31)25-17-12-21(30)35-24(17)33/h2-4,6-7,11,13-14,17-19,24,33H,5,8-10,12H2,1H3,(H,25,31)/b3-2-/t14-,17?,18+,19+,24?/m1/s1. The molecule has 186 valence electrons. The molecule has 0 saturated carbocycles. The molecule has 3 aliphatic heterocycles. The lowest BCUT2D eigenvalue weighted by atomic mass is 10.0. The second-order valence-electron chi connectivity index (χ2n) is 8.68. The van der Waals surface area contributed by atoms with E-state index in [0.29, 0.717) is 30.7 Å². The monoisotopic (exact) mass is 485 g/mol. The minimum absolute atomic E-state index is 0.150. The Morgan fingerprint density at radius 2 is 2.00 bits per heavy atom. The summed E-state index contributed by atoms with van der Waals surface area (Å²) in [5.74, 6) is -2.05. The molecule has 0 radical (unpaired) electrons. The molecule has 11 nitrogen and oxygen atoms in total. The molecule has 1 aromatic rings. The van der Waals surface area contributed by atoms with Gasteiger partial charge in [0.05, 0.1) is 13.5 Å². The molecule has 4 rings (SSSR count). The molecule has 2 N–H and O–H groups in total. The number of benzene rings is 1. The maximum Gasteiger partial charge on any atom is 0.310 e. The van der Waals surface area contributed by atoms with Crippen LogP contribution in [0.4, 0.5) is 5.69 Å². The van der Waals surface area contributed by atoms with Crippen LogP contribution >= 0.6 is 0 Å². The van der Waals surface area contributed by atoms with Crippen molar-refractivity contribution in [2.75, 3.05) is 12.0 Å². The van der Waals surface area contributed by atoms with Crippen molar-refractivity contribution in [2.24, 2.45) is 0 Å². The molecule has 3 amide bonds. The number of nitrogens with zero attached hydrogens (tertiary/aromatic N) is 2. The van der Waals surface area contributed by atoms with Gasteiger partial charge in [-0.3, -0.25) is 28.9 Å². The van der Waals surface area contributed by atoms with Crippen molar-refractivity contribution in [3.63, 3.8) is 0 Å². The van der Waals surface area contributed by atoms with Crippen LogP contribution < -0.4 is 15.0 Å². The smallest absolute Gasteiger partial charge is 0.310 e. The maximum absolute atomic E-state index is 13.9. The summed E-state index contributed by atoms with van der Waals surface area (Å²) in [5, 5.41) is 12.5. The third kappa shape index (κ3) is 4.90. The average molecular weight is 485 g/mol. The zero-order chi connectivity index (χ0) is 25.1. The van der Waals surface area contributed by atoms with Crippen molar-refractivity contribution in [3.8, 4) is 5.75 Å². The lowest BCUT2D eigenvalue weighted by molar-refractivity contribution is -0.155. The number of anilines is 1. The topological polar surface area (TPSA) is 143 Å². The van der Waals surface area contributed by atoms with Gasteiger partial charge in [-0.2, -0.15) is 0 Å². The number of carbonyl (C=O) groups is 5. The Kier molecular flexibility index (Phi) is 7.15. The maximum atomic E-state index is 13.9. The molecule has 3 heterocycles. The molecule has 2 saturated heterocycles. The van der Waals surface area contributed by atoms with Crippen molar-refractivity contribution in [1.29, 1.82) is 0 Å². The van der Waals surface area contributed by atoms with Crippen LogP contribution in [0.5, 0.6) is 5.75 Å². The summed E-state index contributed by atoms with van der Waals surface area (Å²) in [7, 11) is 1.46. The molecule has 0 bridgehead atoms. The van der Waals surface area contributed by atoms with E-state index >= 15 is 0 Å². The number of nitrogens with one attached hydrogen (secondary N) is 1. The summed E-state index contributed by atoms with van der Waals surface area (Å²) < 4.78 is 9.91. The molecule has 35 heavy (non-hydrogen) atoms. The second-order valence-corrected chi connectivity index (χ2v) is 8.68. The number of hydrogen-bond donors (Lipinski definition) is 2. The molecule has 2 unspecified atom stereocenters. The molecule has 2 fully saturated rings. The highest BCUT2D eigenvalue weighted by molar-refractivity contribution is 6.31. The van der Waals surface area contributed by atoms with E-state index in [1.54, 1.807) is 30.3 Å². The van der Waals surface area contributed by atoms with E-state index in [9.17, 15) is 29.1 Å². The van der Waals surface area contributed by atoms with Gasteiger partial charge in [0, 0.05) is 17.8 Å². The van der Waals surface area contributed by atoms with Gasteiger partial charge < -0.3 is 24.8 Å². The molecule has 3 aliphatic rings. The number of carbonyl (C=O) groups excluding carboxylic acids is 5. The van der Waals surface area contributed by atoms with Crippen molar-refractivity contribution in [2.45, 2.75) is 62.6 Å². The van der Waals surface area contributed by atoms with E-state index in [0.717, 1.165) is 4.90 Å². The first-order chi connectivity index (χ1) is 16.8. The van der Waals surface area contributed by atoms with E-state index in [1.165, 1.54) is 12.0 Å². The lowest BCUT2D eigenvalue weighted by Crippen LogP contribution is -2.58. The Balaban J connectivity index is 1.64. The van der Waals surface area contributed by atoms with Crippen molar-refractivity contribution in [3.05, 3.63) is 36.4 Å². The quantitative estimate of drug-likeness (QED) is 0.249. The number of methoxy groups -OCH3 is 1. The Hall–Kier alpha value is -3.73. The third-order valence-corrected chi connectivity index (χ3v) is 6.57. The number of aliphatic hydroxyl groups excluding tert-OH is 1. The Bertz CT molecular complexity index is 1060. The Labute approximate surface area is 201 Å². The fraction of sp³-hybridized carbons (Fsp3) is 0.458. The van der Waals surface area contributed by atoms with Crippen molar-refractivity contribution in [1.82, 2.24) is 10.2 Å². The van der Waals surface area contributed by atoms with Crippen LogP contribution in [0.1, 0.15) is 32.1 Å². The lowest BCUT2D eigenvalue weighted by Gasteiger charge is -2.37. The van der Waals surface area contributed by atoms with Gasteiger partial charge in [0.2, 0.25) is 24.4 Å². The number of cyclic esters (lactones) is 1. The normalized spacial score (nSPS) is 28.9. The highest BCUT2D eigenvalue weighted by Gasteiger charge is 2.46. The Morgan fingerprint density at radius 3 is 2.69 bits per heavy atom. The van der Waals surface area contributed by atoms with Crippen LogP contribution in [0.25, 0.3) is 0 Å². The second kappa shape index (κ2) is 10.3. The molecule has 5 atom stereocenters. The number of aldehydes is 1. The van der Waals surface area contributed by atoms with Gasteiger partial charge >= 0.3 is 5.97 Å².